The van der Waals surface area contributed by atoms with Gasteiger partial charge in [-0.25, -0.2) is 0 Å². The second-order valence-electron chi connectivity index (χ2n) is 7.31. The minimum absolute atomic E-state index is 0.119. The Morgan fingerprint density at radius 2 is 1.73 bits per heavy atom. The van der Waals surface area contributed by atoms with Gasteiger partial charge in [-0.15, -0.1) is 0 Å². The number of Topliss-reactive ketones (excluding diaryl/α,β-unsaturated/α-hetero) is 1. The van der Waals surface area contributed by atoms with Gasteiger partial charge in [-0.2, -0.15) is 0 Å². The summed E-state index contributed by atoms with van der Waals surface area (Å²) < 4.78 is 0. The van der Waals surface area contributed by atoms with Crippen molar-refractivity contribution in [2.75, 3.05) is 4.90 Å². The van der Waals surface area contributed by atoms with Crippen LogP contribution < -0.4 is 4.90 Å². The van der Waals surface area contributed by atoms with Crippen LogP contribution in [0.25, 0.3) is 0 Å². The van der Waals surface area contributed by atoms with Gasteiger partial charge in [0, 0.05) is 16.1 Å². The van der Waals surface area contributed by atoms with Crippen molar-refractivity contribution >= 4 is 29.0 Å². The number of nitrogens with zero attached hydrogens (tertiary/aromatic N) is 1. The maximum atomic E-state index is 13.0. The first-order valence-electron chi connectivity index (χ1n) is 8.34. The summed E-state index contributed by atoms with van der Waals surface area (Å²) in [5.74, 6) is -1.37. The standard InChI is InChI=1S/C21H20ClNO3/c1-21(2,3)19(25)16-17(13-8-5-4-6-9-13)23(20(26)18(16)24)15-11-7-10-14(22)12-15/h4-12,17,24H,1-3H3. The molecule has 1 N–H and O–H groups in total. The molecule has 1 aliphatic heterocycles. The molecule has 0 saturated heterocycles. The molecule has 0 radical (unpaired) electrons. The van der Waals surface area contributed by atoms with Crippen molar-refractivity contribution in [3.63, 3.8) is 0 Å². The highest BCUT2D eigenvalue weighted by Gasteiger charge is 2.46. The Labute approximate surface area is 157 Å². The zero-order chi connectivity index (χ0) is 19.1. The predicted octanol–water partition coefficient (Wildman–Crippen LogP) is 4.86. The molecule has 1 unspecified atom stereocenters. The topological polar surface area (TPSA) is 57.6 Å². The summed E-state index contributed by atoms with van der Waals surface area (Å²) in [5, 5.41) is 11.0. The third-order valence-corrected chi connectivity index (χ3v) is 4.57. The SMILES string of the molecule is CC(C)(C)C(=O)C1=C(O)C(=O)N(c2cccc(Cl)c2)C1c1ccccc1. The largest absolute Gasteiger partial charge is 0.503 e. The molecule has 26 heavy (non-hydrogen) atoms. The van der Waals surface area contributed by atoms with Gasteiger partial charge in [-0.1, -0.05) is 68.8 Å². The minimum Gasteiger partial charge on any atom is -0.503 e. The lowest BCUT2D eigenvalue weighted by molar-refractivity contribution is -0.123. The van der Waals surface area contributed by atoms with Crippen LogP contribution in [0.5, 0.6) is 0 Å². The van der Waals surface area contributed by atoms with Crippen LogP contribution in [0.15, 0.2) is 65.9 Å². The van der Waals surface area contributed by atoms with Gasteiger partial charge in [-0.3, -0.25) is 14.5 Å². The minimum atomic E-state index is -0.735. The third kappa shape index (κ3) is 3.13. The lowest BCUT2D eigenvalue weighted by Crippen LogP contribution is -2.32. The van der Waals surface area contributed by atoms with Crippen molar-refractivity contribution in [2.24, 2.45) is 5.41 Å². The number of ketones is 1. The number of carbonyl (C=O) groups is 2. The quantitative estimate of drug-likeness (QED) is 0.840. The first-order chi connectivity index (χ1) is 12.2. The number of hydrogen-bond donors (Lipinski definition) is 1. The molecule has 4 nitrogen and oxygen atoms in total. The Morgan fingerprint density at radius 3 is 2.31 bits per heavy atom. The fraction of sp³-hybridized carbons (Fsp3) is 0.238. The maximum Gasteiger partial charge on any atom is 0.294 e. The van der Waals surface area contributed by atoms with E-state index in [4.69, 9.17) is 11.6 Å². The van der Waals surface area contributed by atoms with Gasteiger partial charge in [0.1, 0.15) is 0 Å². The number of anilines is 1. The average molecular weight is 370 g/mol. The second-order valence-corrected chi connectivity index (χ2v) is 7.75. The van der Waals surface area contributed by atoms with E-state index >= 15 is 0 Å². The molecule has 0 bridgehead atoms. The smallest absolute Gasteiger partial charge is 0.294 e. The number of amides is 1. The van der Waals surface area contributed by atoms with Gasteiger partial charge in [0.2, 0.25) is 0 Å². The number of aliphatic hydroxyl groups is 1. The van der Waals surface area contributed by atoms with Crippen molar-refractivity contribution in [2.45, 2.75) is 26.8 Å². The Morgan fingerprint density at radius 1 is 1.08 bits per heavy atom. The van der Waals surface area contributed by atoms with Crippen molar-refractivity contribution in [3.8, 4) is 0 Å². The van der Waals surface area contributed by atoms with Gasteiger partial charge in [0.25, 0.3) is 5.91 Å². The fourth-order valence-electron chi connectivity index (χ4n) is 3.08. The molecule has 1 heterocycles. The van der Waals surface area contributed by atoms with Crippen molar-refractivity contribution in [1.82, 2.24) is 0 Å². The number of hydrogen-bond acceptors (Lipinski definition) is 3. The van der Waals surface area contributed by atoms with Crippen LogP contribution >= 0.6 is 11.6 Å². The number of halogens is 1. The van der Waals surface area contributed by atoms with E-state index < -0.39 is 23.1 Å². The average Bonchev–Trinajstić information content (AvgIpc) is 2.85. The summed E-state index contributed by atoms with van der Waals surface area (Å²) in [6, 6.07) is 15.3. The summed E-state index contributed by atoms with van der Waals surface area (Å²) >= 11 is 6.09. The third-order valence-electron chi connectivity index (χ3n) is 4.34. The summed E-state index contributed by atoms with van der Waals surface area (Å²) in [6.45, 7) is 5.30. The van der Waals surface area contributed by atoms with Crippen LogP contribution in [-0.4, -0.2) is 16.8 Å². The maximum absolute atomic E-state index is 13.0. The number of benzene rings is 2. The van der Waals surface area contributed by atoms with Gasteiger partial charge in [0.15, 0.2) is 11.5 Å². The molecule has 0 saturated carbocycles. The van der Waals surface area contributed by atoms with E-state index in [1.807, 2.05) is 30.3 Å². The Bertz CT molecular complexity index is 897. The lowest BCUT2D eigenvalue weighted by atomic mass is 9.82. The molecule has 1 aliphatic rings. The van der Waals surface area contributed by atoms with Crippen LogP contribution in [0.2, 0.25) is 5.02 Å². The molecule has 0 spiro atoms. The van der Waals surface area contributed by atoms with E-state index in [1.54, 1.807) is 45.0 Å². The first-order valence-corrected chi connectivity index (χ1v) is 8.71. The highest BCUT2D eigenvalue weighted by molar-refractivity contribution is 6.31. The summed E-state index contributed by atoms with van der Waals surface area (Å²) in [6.07, 6.45) is 0. The molecule has 2 aromatic rings. The second kappa shape index (κ2) is 6.61. The Hall–Kier alpha value is -2.59. The molecule has 3 rings (SSSR count). The van der Waals surface area contributed by atoms with Crippen LogP contribution in [-0.2, 0) is 9.59 Å². The highest BCUT2D eigenvalue weighted by Crippen LogP contribution is 2.43. The van der Waals surface area contributed by atoms with Crippen LogP contribution in [0, 0.1) is 5.41 Å². The molecule has 2 aromatic carbocycles. The molecule has 0 aliphatic carbocycles. The zero-order valence-corrected chi connectivity index (χ0v) is 15.6. The van der Waals surface area contributed by atoms with E-state index in [0.29, 0.717) is 10.7 Å². The zero-order valence-electron chi connectivity index (χ0n) is 14.9. The number of carbonyl (C=O) groups excluding carboxylic acids is 2. The molecular formula is C21H20ClNO3. The van der Waals surface area contributed by atoms with Crippen molar-refractivity contribution < 1.29 is 14.7 Å². The summed E-state index contributed by atoms with van der Waals surface area (Å²) in [7, 11) is 0. The molecule has 5 heteroatoms. The molecule has 0 fully saturated rings. The summed E-state index contributed by atoms with van der Waals surface area (Å²) in [5.41, 5.74) is 0.659. The van der Waals surface area contributed by atoms with Crippen LogP contribution in [0.4, 0.5) is 5.69 Å². The molecule has 134 valence electrons. The first kappa shape index (κ1) is 18.2. The van der Waals surface area contributed by atoms with Gasteiger partial charge >= 0.3 is 0 Å². The van der Waals surface area contributed by atoms with Gasteiger partial charge in [-0.05, 0) is 23.8 Å². The van der Waals surface area contributed by atoms with Gasteiger partial charge < -0.3 is 5.11 Å². The predicted molar refractivity (Wildman–Crippen MR) is 102 cm³/mol. The molecule has 0 aromatic heterocycles. The van der Waals surface area contributed by atoms with Crippen LogP contribution in [0.1, 0.15) is 32.4 Å². The van der Waals surface area contributed by atoms with E-state index in [-0.39, 0.29) is 11.4 Å². The Kier molecular flexibility index (Phi) is 4.63. The highest BCUT2D eigenvalue weighted by atomic mass is 35.5. The monoisotopic (exact) mass is 369 g/mol. The fourth-order valence-corrected chi connectivity index (χ4v) is 3.27. The molecule has 1 amide bonds. The number of aliphatic hydroxyl groups excluding tert-OH is 1. The molecule has 1 atom stereocenters. The van der Waals surface area contributed by atoms with Crippen molar-refractivity contribution in [1.29, 1.82) is 0 Å². The van der Waals surface area contributed by atoms with E-state index in [2.05, 4.69) is 0 Å². The number of rotatable bonds is 3. The van der Waals surface area contributed by atoms with Crippen molar-refractivity contribution in [3.05, 3.63) is 76.5 Å². The van der Waals surface area contributed by atoms with Gasteiger partial charge in [0.05, 0.1) is 11.6 Å². The normalized spacial score (nSPS) is 17.8. The Balaban J connectivity index is 2.21. The lowest BCUT2D eigenvalue weighted by Gasteiger charge is -2.29. The van der Waals surface area contributed by atoms with E-state index in [9.17, 15) is 14.7 Å². The summed E-state index contributed by atoms with van der Waals surface area (Å²) in [4.78, 5) is 27.3. The van der Waals surface area contributed by atoms with E-state index in [0.717, 1.165) is 5.56 Å². The van der Waals surface area contributed by atoms with Crippen LogP contribution in [0.3, 0.4) is 0 Å². The van der Waals surface area contributed by atoms with E-state index in [1.165, 1.54) is 4.90 Å². The molecular weight excluding hydrogens is 350 g/mol.